The van der Waals surface area contributed by atoms with Crippen molar-refractivity contribution < 1.29 is 4.79 Å². The second-order valence-electron chi connectivity index (χ2n) is 6.38. The second-order valence-corrected chi connectivity index (χ2v) is 6.38. The maximum Gasteiger partial charge on any atom is 0.270 e. The molecule has 0 radical (unpaired) electrons. The van der Waals surface area contributed by atoms with Gasteiger partial charge in [0.05, 0.1) is 5.69 Å². The zero-order valence-electron chi connectivity index (χ0n) is 11.8. The van der Waals surface area contributed by atoms with Gasteiger partial charge < -0.3 is 15.2 Å². The van der Waals surface area contributed by atoms with Gasteiger partial charge >= 0.3 is 0 Å². The minimum atomic E-state index is 0.166. The third-order valence-corrected chi connectivity index (χ3v) is 3.84. The van der Waals surface area contributed by atoms with E-state index < -0.39 is 0 Å². The van der Waals surface area contributed by atoms with Gasteiger partial charge in [-0.3, -0.25) is 4.79 Å². The van der Waals surface area contributed by atoms with Gasteiger partial charge in [0.1, 0.15) is 5.69 Å². The fourth-order valence-electron chi connectivity index (χ4n) is 2.65. The molecule has 4 heteroatoms. The summed E-state index contributed by atoms with van der Waals surface area (Å²) >= 11 is 0. The highest BCUT2D eigenvalue weighted by Gasteiger charge is 2.36. The van der Waals surface area contributed by atoms with Crippen molar-refractivity contribution in [3.05, 3.63) is 18.0 Å². The van der Waals surface area contributed by atoms with Gasteiger partial charge in [-0.2, -0.15) is 0 Å². The van der Waals surface area contributed by atoms with Crippen LogP contribution in [0.1, 0.15) is 56.1 Å². The topological polar surface area (TPSA) is 51.3 Å². The van der Waals surface area contributed by atoms with Crippen molar-refractivity contribution in [3.8, 4) is 0 Å². The smallest absolute Gasteiger partial charge is 0.270 e. The van der Waals surface area contributed by atoms with E-state index in [9.17, 15) is 4.79 Å². The van der Waals surface area contributed by atoms with Gasteiger partial charge in [-0.25, -0.2) is 0 Å². The van der Waals surface area contributed by atoms with Crippen LogP contribution in [0.5, 0.6) is 0 Å². The van der Waals surface area contributed by atoms with Crippen molar-refractivity contribution in [1.29, 1.82) is 0 Å². The van der Waals surface area contributed by atoms with Gasteiger partial charge in [0, 0.05) is 24.8 Å². The second kappa shape index (κ2) is 4.58. The molecule has 4 nitrogen and oxygen atoms in total. The van der Waals surface area contributed by atoms with Crippen molar-refractivity contribution in [2.24, 2.45) is 5.92 Å². The summed E-state index contributed by atoms with van der Waals surface area (Å²) in [5, 5.41) is 0. The summed E-state index contributed by atoms with van der Waals surface area (Å²) in [6, 6.07) is 2.80. The Hall–Kier alpha value is -1.45. The van der Waals surface area contributed by atoms with E-state index >= 15 is 0 Å². The average molecular weight is 261 g/mol. The summed E-state index contributed by atoms with van der Waals surface area (Å²) in [4.78, 5) is 14.8. The maximum atomic E-state index is 12.8. The third-order valence-electron chi connectivity index (χ3n) is 3.84. The predicted octanol–water partition coefficient (Wildman–Crippen LogP) is 2.67. The minimum absolute atomic E-state index is 0.166. The molecule has 104 valence electrons. The Balaban J connectivity index is 1.84. The zero-order valence-corrected chi connectivity index (χ0v) is 11.8. The van der Waals surface area contributed by atoms with Crippen molar-refractivity contribution >= 4 is 11.6 Å². The number of nitrogen functional groups attached to an aromatic ring is 1. The van der Waals surface area contributed by atoms with E-state index in [2.05, 4.69) is 23.3 Å². The number of amides is 1. The molecule has 0 atom stereocenters. The highest BCUT2D eigenvalue weighted by Crippen LogP contribution is 2.38. The molecule has 19 heavy (non-hydrogen) atoms. The van der Waals surface area contributed by atoms with E-state index in [-0.39, 0.29) is 5.91 Å². The van der Waals surface area contributed by atoms with Gasteiger partial charge in [0.15, 0.2) is 0 Å². The van der Waals surface area contributed by atoms with Crippen molar-refractivity contribution in [2.45, 2.75) is 51.6 Å². The lowest BCUT2D eigenvalue weighted by Gasteiger charge is -2.25. The van der Waals surface area contributed by atoms with Crippen LogP contribution in [0.15, 0.2) is 12.3 Å². The Morgan fingerprint density at radius 3 is 2.63 bits per heavy atom. The van der Waals surface area contributed by atoms with E-state index in [4.69, 9.17) is 5.73 Å². The molecule has 2 aliphatic carbocycles. The lowest BCUT2D eigenvalue weighted by atomic mass is 10.2. The first kappa shape index (κ1) is 12.6. The van der Waals surface area contributed by atoms with E-state index in [1.54, 1.807) is 0 Å². The molecule has 0 aliphatic heterocycles. The largest absolute Gasteiger partial charge is 0.397 e. The normalized spacial score (nSPS) is 18.9. The van der Waals surface area contributed by atoms with Crippen molar-refractivity contribution in [2.75, 3.05) is 12.3 Å². The minimum Gasteiger partial charge on any atom is -0.397 e. The standard InChI is InChI=1S/C15H23N3O/c1-10(2)8-18(13-5-6-13)15(19)14-7-11(16)9-17(14)12-3-4-12/h7,9-10,12-13H,3-6,8,16H2,1-2H3. The predicted molar refractivity (Wildman–Crippen MR) is 76.0 cm³/mol. The van der Waals surface area contributed by atoms with Gasteiger partial charge in [0.25, 0.3) is 5.91 Å². The van der Waals surface area contributed by atoms with Crippen molar-refractivity contribution in [1.82, 2.24) is 9.47 Å². The van der Waals surface area contributed by atoms with Crippen LogP contribution in [0, 0.1) is 5.92 Å². The van der Waals surface area contributed by atoms with Crippen LogP contribution in [0.2, 0.25) is 0 Å². The van der Waals surface area contributed by atoms with Crippen LogP contribution in [0.4, 0.5) is 5.69 Å². The summed E-state index contributed by atoms with van der Waals surface area (Å²) in [5.41, 5.74) is 7.37. The number of hydrogen-bond acceptors (Lipinski definition) is 2. The molecule has 0 spiro atoms. The first-order valence-electron chi connectivity index (χ1n) is 7.34. The number of hydrogen-bond donors (Lipinski definition) is 1. The lowest BCUT2D eigenvalue weighted by Crippen LogP contribution is -2.37. The fourth-order valence-corrected chi connectivity index (χ4v) is 2.65. The molecule has 1 aromatic rings. The Bertz CT molecular complexity index is 484. The average Bonchev–Trinajstić information content (AvgIpc) is 3.23. The lowest BCUT2D eigenvalue weighted by molar-refractivity contribution is 0.0711. The number of carbonyl (C=O) groups excluding carboxylic acids is 1. The number of rotatable bonds is 5. The van der Waals surface area contributed by atoms with Gasteiger partial charge in [-0.1, -0.05) is 13.8 Å². The molecular weight excluding hydrogens is 238 g/mol. The van der Waals surface area contributed by atoms with Crippen LogP contribution in [0.3, 0.4) is 0 Å². The molecule has 2 saturated carbocycles. The molecule has 0 bridgehead atoms. The molecule has 2 fully saturated rings. The first-order valence-corrected chi connectivity index (χ1v) is 7.34. The Labute approximate surface area is 114 Å². The third kappa shape index (κ3) is 2.62. The number of aromatic nitrogens is 1. The number of carbonyl (C=O) groups is 1. The van der Waals surface area contributed by atoms with Crippen LogP contribution >= 0.6 is 0 Å². The maximum absolute atomic E-state index is 12.8. The highest BCUT2D eigenvalue weighted by molar-refractivity contribution is 5.94. The number of nitrogens with two attached hydrogens (primary N) is 1. The van der Waals surface area contributed by atoms with E-state index in [0.717, 1.165) is 25.1 Å². The van der Waals surface area contributed by atoms with Gasteiger partial charge in [-0.15, -0.1) is 0 Å². The SMILES string of the molecule is CC(C)CN(C(=O)c1cc(N)cn1C1CC1)C1CC1. The molecule has 0 unspecified atom stereocenters. The summed E-state index contributed by atoms with van der Waals surface area (Å²) < 4.78 is 2.09. The molecule has 2 N–H and O–H groups in total. The van der Waals surface area contributed by atoms with Crippen molar-refractivity contribution in [3.63, 3.8) is 0 Å². The molecule has 1 aromatic heterocycles. The highest BCUT2D eigenvalue weighted by atomic mass is 16.2. The Morgan fingerprint density at radius 2 is 2.11 bits per heavy atom. The summed E-state index contributed by atoms with van der Waals surface area (Å²) in [6.07, 6.45) is 6.56. The Morgan fingerprint density at radius 1 is 1.42 bits per heavy atom. The van der Waals surface area contributed by atoms with Gasteiger partial charge in [-0.05, 0) is 37.7 Å². The number of anilines is 1. The summed E-state index contributed by atoms with van der Waals surface area (Å²) in [5.74, 6) is 0.672. The van der Waals surface area contributed by atoms with E-state index in [1.807, 2.05) is 12.3 Å². The number of nitrogens with zero attached hydrogens (tertiary/aromatic N) is 2. The monoisotopic (exact) mass is 261 g/mol. The van der Waals surface area contributed by atoms with Crippen LogP contribution in [0.25, 0.3) is 0 Å². The summed E-state index contributed by atoms with van der Waals surface area (Å²) in [6.45, 7) is 5.17. The molecule has 0 saturated heterocycles. The van der Waals surface area contributed by atoms with E-state index in [1.165, 1.54) is 12.8 Å². The fraction of sp³-hybridized carbons (Fsp3) is 0.667. The first-order chi connectivity index (χ1) is 9.06. The summed E-state index contributed by atoms with van der Waals surface area (Å²) in [7, 11) is 0. The molecule has 1 heterocycles. The molecule has 0 aromatic carbocycles. The molecular formula is C15H23N3O. The molecule has 3 rings (SSSR count). The van der Waals surface area contributed by atoms with Crippen LogP contribution in [-0.4, -0.2) is 28.0 Å². The molecule has 1 amide bonds. The van der Waals surface area contributed by atoms with Crippen LogP contribution < -0.4 is 5.73 Å². The van der Waals surface area contributed by atoms with Crippen LogP contribution in [-0.2, 0) is 0 Å². The van der Waals surface area contributed by atoms with Gasteiger partial charge in [0.2, 0.25) is 0 Å². The quantitative estimate of drug-likeness (QED) is 0.886. The van der Waals surface area contributed by atoms with E-state index in [0.29, 0.717) is 23.7 Å². The molecule has 2 aliphatic rings. The Kier molecular flexibility index (Phi) is 3.03. The zero-order chi connectivity index (χ0) is 13.6.